The second kappa shape index (κ2) is 6.73. The average Bonchev–Trinajstić information content (AvgIpc) is 2.86. The van der Waals surface area contributed by atoms with E-state index in [0.717, 1.165) is 17.8 Å². The fourth-order valence-electron chi connectivity index (χ4n) is 3.06. The number of unbranched alkanes of at least 4 members (excludes halogenated alkanes) is 3. The molecule has 0 saturated carbocycles. The van der Waals surface area contributed by atoms with Gasteiger partial charge in [-0.05, 0) is 17.5 Å². The van der Waals surface area contributed by atoms with Crippen molar-refractivity contribution < 1.29 is 4.92 Å². The van der Waals surface area contributed by atoms with Gasteiger partial charge in [0.15, 0.2) is 0 Å². The summed E-state index contributed by atoms with van der Waals surface area (Å²) < 4.78 is 0. The fourth-order valence-corrected chi connectivity index (χ4v) is 3.06. The summed E-state index contributed by atoms with van der Waals surface area (Å²) in [7, 11) is 0. The normalized spacial score (nSPS) is 18.4. The Bertz CT molecular complexity index is 474. The van der Waals surface area contributed by atoms with Crippen LogP contribution in [-0.2, 0) is 0 Å². The smallest absolute Gasteiger partial charge is 0.269 e. The highest BCUT2D eigenvalue weighted by atomic mass is 16.6. The Balaban J connectivity index is 2.02. The van der Waals surface area contributed by atoms with E-state index in [1.54, 1.807) is 12.1 Å². The summed E-state index contributed by atoms with van der Waals surface area (Å²) in [5.74, 6) is 0.981. The highest BCUT2D eigenvalue weighted by molar-refractivity contribution is 5.61. The first kappa shape index (κ1) is 14.8. The molecule has 0 amide bonds. The zero-order valence-corrected chi connectivity index (χ0v) is 12.4. The monoisotopic (exact) mass is 276 g/mol. The first-order valence-corrected chi connectivity index (χ1v) is 7.65. The van der Waals surface area contributed by atoms with Crippen molar-refractivity contribution in [3.63, 3.8) is 0 Å². The molecule has 1 aromatic rings. The van der Waals surface area contributed by atoms with Gasteiger partial charge in [-0.2, -0.15) is 0 Å². The molecular weight excluding hydrogens is 252 g/mol. The van der Waals surface area contributed by atoms with Crippen LogP contribution < -0.4 is 5.32 Å². The number of nitrogens with one attached hydrogen (secondary N) is 1. The van der Waals surface area contributed by atoms with Gasteiger partial charge in [0.25, 0.3) is 5.69 Å². The van der Waals surface area contributed by atoms with E-state index in [4.69, 9.17) is 0 Å². The fraction of sp³-hybridized carbons (Fsp3) is 0.625. The van der Waals surface area contributed by atoms with Crippen LogP contribution in [0.2, 0.25) is 0 Å². The Morgan fingerprint density at radius 3 is 2.90 bits per heavy atom. The number of nitro groups is 1. The topological polar surface area (TPSA) is 55.2 Å². The number of fused-ring (bicyclic) bond motifs is 1. The highest BCUT2D eigenvalue weighted by Gasteiger charge is 2.28. The Labute approximate surface area is 120 Å². The second-order valence-corrected chi connectivity index (χ2v) is 5.84. The third-order valence-electron chi connectivity index (χ3n) is 4.36. The van der Waals surface area contributed by atoms with Crippen LogP contribution in [0.3, 0.4) is 0 Å². The van der Waals surface area contributed by atoms with Crippen molar-refractivity contribution in [2.75, 3.05) is 11.9 Å². The molecule has 0 spiro atoms. The molecule has 4 nitrogen and oxygen atoms in total. The number of anilines is 1. The van der Waals surface area contributed by atoms with Crippen LogP contribution in [0.25, 0.3) is 0 Å². The molecule has 20 heavy (non-hydrogen) atoms. The third-order valence-corrected chi connectivity index (χ3v) is 4.36. The molecule has 1 aliphatic rings. The molecule has 0 saturated heterocycles. The lowest BCUT2D eigenvalue weighted by atomic mass is 9.85. The zero-order chi connectivity index (χ0) is 14.5. The molecule has 4 heteroatoms. The first-order chi connectivity index (χ1) is 9.63. The minimum Gasteiger partial charge on any atom is -0.384 e. The molecule has 0 fully saturated rings. The van der Waals surface area contributed by atoms with Gasteiger partial charge in [0, 0.05) is 30.3 Å². The van der Waals surface area contributed by atoms with Crippen LogP contribution >= 0.6 is 0 Å². The van der Waals surface area contributed by atoms with Crippen LogP contribution in [0.15, 0.2) is 18.2 Å². The molecule has 0 bridgehead atoms. The number of hydrogen-bond donors (Lipinski definition) is 1. The van der Waals surface area contributed by atoms with Crippen LogP contribution in [-0.4, -0.2) is 11.5 Å². The third kappa shape index (κ3) is 3.30. The van der Waals surface area contributed by atoms with Gasteiger partial charge in [-0.1, -0.05) is 46.0 Å². The number of hydrogen-bond acceptors (Lipinski definition) is 3. The van der Waals surface area contributed by atoms with E-state index >= 15 is 0 Å². The van der Waals surface area contributed by atoms with Crippen molar-refractivity contribution >= 4 is 11.4 Å². The predicted octanol–water partition coefficient (Wildman–Crippen LogP) is 4.71. The van der Waals surface area contributed by atoms with Crippen molar-refractivity contribution in [2.24, 2.45) is 5.92 Å². The van der Waals surface area contributed by atoms with Crippen LogP contribution in [0.5, 0.6) is 0 Å². The first-order valence-electron chi connectivity index (χ1n) is 7.65. The van der Waals surface area contributed by atoms with Crippen LogP contribution in [0.1, 0.15) is 57.4 Å². The lowest BCUT2D eigenvalue weighted by Gasteiger charge is -2.19. The van der Waals surface area contributed by atoms with Gasteiger partial charge in [-0.25, -0.2) is 0 Å². The molecule has 0 radical (unpaired) electrons. The Morgan fingerprint density at radius 1 is 1.40 bits per heavy atom. The van der Waals surface area contributed by atoms with E-state index in [9.17, 15) is 10.1 Å². The average molecular weight is 276 g/mol. The van der Waals surface area contributed by atoms with Crippen molar-refractivity contribution in [3.05, 3.63) is 33.9 Å². The molecule has 1 aliphatic heterocycles. The van der Waals surface area contributed by atoms with E-state index in [0.29, 0.717) is 11.8 Å². The molecule has 0 aromatic heterocycles. The summed E-state index contributed by atoms with van der Waals surface area (Å²) >= 11 is 0. The lowest BCUT2D eigenvalue weighted by molar-refractivity contribution is -0.384. The van der Waals surface area contributed by atoms with Gasteiger partial charge < -0.3 is 5.32 Å². The van der Waals surface area contributed by atoms with Gasteiger partial charge in [0.1, 0.15) is 0 Å². The Hall–Kier alpha value is -1.58. The minimum absolute atomic E-state index is 0.204. The molecule has 110 valence electrons. The molecule has 2 unspecified atom stereocenters. The summed E-state index contributed by atoms with van der Waals surface area (Å²) in [5.41, 5.74) is 2.40. The van der Waals surface area contributed by atoms with Gasteiger partial charge in [-0.15, -0.1) is 0 Å². The van der Waals surface area contributed by atoms with Gasteiger partial charge in [0.2, 0.25) is 0 Å². The molecule has 2 rings (SSSR count). The number of nitro benzene ring substituents is 1. The quantitative estimate of drug-likeness (QED) is 0.446. The predicted molar refractivity (Wildman–Crippen MR) is 82.3 cm³/mol. The van der Waals surface area contributed by atoms with E-state index in [2.05, 4.69) is 19.2 Å². The molecule has 1 N–H and O–H groups in total. The number of rotatable bonds is 7. The zero-order valence-electron chi connectivity index (χ0n) is 12.4. The highest BCUT2D eigenvalue weighted by Crippen LogP contribution is 2.39. The summed E-state index contributed by atoms with van der Waals surface area (Å²) in [6, 6.07) is 5.18. The molecule has 1 heterocycles. The van der Waals surface area contributed by atoms with Gasteiger partial charge >= 0.3 is 0 Å². The largest absolute Gasteiger partial charge is 0.384 e. The van der Waals surface area contributed by atoms with Gasteiger partial charge in [0.05, 0.1) is 4.92 Å². The molecule has 2 atom stereocenters. The summed E-state index contributed by atoms with van der Waals surface area (Å²) in [4.78, 5) is 10.6. The molecule has 0 aliphatic carbocycles. The van der Waals surface area contributed by atoms with Crippen molar-refractivity contribution in [1.29, 1.82) is 0 Å². The lowest BCUT2D eigenvalue weighted by Crippen LogP contribution is -2.12. The van der Waals surface area contributed by atoms with Crippen molar-refractivity contribution in [1.82, 2.24) is 0 Å². The second-order valence-electron chi connectivity index (χ2n) is 5.84. The maximum atomic E-state index is 10.9. The number of non-ortho nitro benzene ring substituents is 1. The van der Waals surface area contributed by atoms with Crippen molar-refractivity contribution in [2.45, 2.75) is 51.9 Å². The van der Waals surface area contributed by atoms with Crippen LogP contribution in [0.4, 0.5) is 11.4 Å². The number of nitrogens with zero attached hydrogens (tertiary/aromatic N) is 1. The van der Waals surface area contributed by atoms with E-state index < -0.39 is 0 Å². The maximum absolute atomic E-state index is 10.9. The van der Waals surface area contributed by atoms with E-state index in [-0.39, 0.29) is 10.6 Å². The van der Waals surface area contributed by atoms with E-state index in [1.807, 2.05) is 6.07 Å². The molecular formula is C16H24N2O2. The summed E-state index contributed by atoms with van der Waals surface area (Å²) in [6.07, 6.45) is 6.32. The summed E-state index contributed by atoms with van der Waals surface area (Å²) in [6.45, 7) is 5.40. The Kier molecular flexibility index (Phi) is 4.99. The SMILES string of the molecule is CCCCCCC(C)C1CNc2ccc([N+](=O)[O-])cc21. The number of benzene rings is 1. The standard InChI is InChI=1S/C16H24N2O2/c1-3-4-5-6-7-12(2)15-11-17-16-9-8-13(18(19)20)10-14(15)16/h8-10,12,15,17H,3-7,11H2,1-2H3. The van der Waals surface area contributed by atoms with Crippen molar-refractivity contribution in [3.8, 4) is 0 Å². The maximum Gasteiger partial charge on any atom is 0.269 e. The van der Waals surface area contributed by atoms with Gasteiger partial charge in [-0.3, -0.25) is 10.1 Å². The Morgan fingerprint density at radius 2 is 2.20 bits per heavy atom. The molecule has 1 aromatic carbocycles. The minimum atomic E-state index is -0.304. The summed E-state index contributed by atoms with van der Waals surface area (Å²) in [5, 5.41) is 14.3. The van der Waals surface area contributed by atoms with Crippen LogP contribution in [0, 0.1) is 16.0 Å². The van der Waals surface area contributed by atoms with E-state index in [1.165, 1.54) is 32.1 Å².